The van der Waals surface area contributed by atoms with E-state index >= 15 is 0 Å². The zero-order chi connectivity index (χ0) is 18.3. The number of Topliss-reactive ketones (excluding diaryl/α,β-unsaturated/α-hetero) is 1. The normalized spacial score (nSPS) is 18.4. The van der Waals surface area contributed by atoms with Crippen LogP contribution in [0.1, 0.15) is 31.4 Å². The summed E-state index contributed by atoms with van der Waals surface area (Å²) in [5, 5.41) is 2.11. The number of thiazole rings is 1. The van der Waals surface area contributed by atoms with Crippen LogP contribution in [0.2, 0.25) is 0 Å². The van der Waals surface area contributed by atoms with Gasteiger partial charge in [0.05, 0.1) is 40.3 Å². The van der Waals surface area contributed by atoms with Crippen molar-refractivity contribution in [1.29, 1.82) is 0 Å². The molecule has 2 aromatic rings. The van der Waals surface area contributed by atoms with Gasteiger partial charge >= 0.3 is 0 Å². The van der Waals surface area contributed by atoms with E-state index in [4.69, 9.17) is 0 Å². The molecule has 1 saturated heterocycles. The van der Waals surface area contributed by atoms with Crippen LogP contribution >= 0.6 is 11.3 Å². The van der Waals surface area contributed by atoms with Gasteiger partial charge in [-0.2, -0.15) is 0 Å². The summed E-state index contributed by atoms with van der Waals surface area (Å²) in [6, 6.07) is 7.94. The van der Waals surface area contributed by atoms with Gasteiger partial charge in [0.2, 0.25) is 5.78 Å². The zero-order valence-electron chi connectivity index (χ0n) is 15.1. The van der Waals surface area contributed by atoms with Gasteiger partial charge in [-0.3, -0.25) is 9.59 Å². The van der Waals surface area contributed by atoms with Crippen molar-refractivity contribution in [3.63, 3.8) is 0 Å². The Kier molecular flexibility index (Phi) is 4.25. The van der Waals surface area contributed by atoms with Crippen molar-refractivity contribution in [2.45, 2.75) is 6.42 Å². The Bertz CT molecular complexity index is 903. The number of amides is 1. The fourth-order valence-electron chi connectivity index (χ4n) is 3.46. The summed E-state index contributed by atoms with van der Waals surface area (Å²) in [4.78, 5) is 31.8. The highest BCUT2D eigenvalue weighted by Crippen LogP contribution is 2.30. The van der Waals surface area contributed by atoms with Crippen molar-refractivity contribution in [2.75, 3.05) is 40.3 Å². The van der Waals surface area contributed by atoms with Gasteiger partial charge < -0.3 is 9.38 Å². The summed E-state index contributed by atoms with van der Waals surface area (Å²) in [6.45, 7) is 3.33. The largest absolute Gasteiger partial charge is 0.326 e. The first kappa shape index (κ1) is 17.1. The van der Waals surface area contributed by atoms with Crippen LogP contribution in [0.15, 0.2) is 35.7 Å². The Balaban J connectivity index is 1.50. The molecule has 134 valence electrons. The molecule has 0 atom stereocenters. The summed E-state index contributed by atoms with van der Waals surface area (Å²) in [6.07, 6.45) is 2.73. The predicted molar refractivity (Wildman–Crippen MR) is 102 cm³/mol. The van der Waals surface area contributed by atoms with Gasteiger partial charge in [0, 0.05) is 11.0 Å². The number of carbonyl (C=O) groups is 2. The monoisotopic (exact) mass is 368 g/mol. The molecule has 1 fully saturated rings. The lowest BCUT2D eigenvalue weighted by Gasteiger charge is -2.38. The molecule has 0 spiro atoms. The van der Waals surface area contributed by atoms with Crippen molar-refractivity contribution >= 4 is 28.6 Å². The first-order chi connectivity index (χ1) is 12.4. The molecule has 0 bridgehead atoms. The van der Waals surface area contributed by atoms with E-state index < -0.39 is 0 Å². The van der Waals surface area contributed by atoms with Gasteiger partial charge in [-0.05, 0) is 17.5 Å². The van der Waals surface area contributed by atoms with Crippen LogP contribution in [-0.2, 0) is 6.42 Å². The third kappa shape index (κ3) is 3.10. The fraction of sp³-hybridized carbons (Fsp3) is 0.350. The minimum atomic E-state index is -0.0876. The smallest absolute Gasteiger partial charge is 0.273 e. The van der Waals surface area contributed by atoms with Crippen LogP contribution in [-0.4, -0.2) is 66.3 Å². The van der Waals surface area contributed by atoms with Gasteiger partial charge in [-0.1, -0.05) is 30.3 Å². The number of allylic oxidation sites excluding steroid dienone is 2. The summed E-state index contributed by atoms with van der Waals surface area (Å²) in [5.74, 6) is -0.156. The second-order valence-corrected chi connectivity index (χ2v) is 8.38. The maximum atomic E-state index is 12.9. The number of fused-ring (bicyclic) bond motifs is 1. The lowest BCUT2D eigenvalue weighted by molar-refractivity contribution is -0.894. The molecule has 1 aromatic carbocycles. The third-order valence-corrected chi connectivity index (χ3v) is 6.07. The first-order valence-corrected chi connectivity index (χ1v) is 9.72. The molecule has 0 N–H and O–H groups in total. The summed E-state index contributed by atoms with van der Waals surface area (Å²) >= 11 is 1.26. The minimum absolute atomic E-state index is 0.0687. The first-order valence-electron chi connectivity index (χ1n) is 8.84. The highest BCUT2D eigenvalue weighted by atomic mass is 32.1. The summed E-state index contributed by atoms with van der Waals surface area (Å²) < 4.78 is 0.929. The van der Waals surface area contributed by atoms with Gasteiger partial charge in [0.15, 0.2) is 5.01 Å². The molecule has 2 heterocycles. The van der Waals surface area contributed by atoms with Gasteiger partial charge in [-0.15, -0.1) is 11.3 Å². The van der Waals surface area contributed by atoms with E-state index in [0.29, 0.717) is 16.3 Å². The molecule has 5 nitrogen and oxygen atoms in total. The summed E-state index contributed by atoms with van der Waals surface area (Å²) in [7, 11) is 4.35. The number of hydrogen-bond acceptors (Lipinski definition) is 4. The van der Waals surface area contributed by atoms with Crippen LogP contribution in [0.5, 0.6) is 0 Å². The van der Waals surface area contributed by atoms with Crippen LogP contribution in [0, 0.1) is 0 Å². The van der Waals surface area contributed by atoms with Gasteiger partial charge in [0.25, 0.3) is 5.91 Å². The maximum absolute atomic E-state index is 12.9. The van der Waals surface area contributed by atoms with Crippen molar-refractivity contribution < 1.29 is 14.1 Å². The van der Waals surface area contributed by atoms with Gasteiger partial charge in [-0.25, -0.2) is 4.98 Å². The number of carbonyl (C=O) groups excluding carboxylic acids is 2. The number of rotatable bonds is 3. The number of benzene rings is 1. The lowest BCUT2D eigenvalue weighted by atomic mass is 10.0. The van der Waals surface area contributed by atoms with E-state index in [2.05, 4.69) is 19.1 Å². The molecule has 0 unspecified atom stereocenters. The van der Waals surface area contributed by atoms with E-state index in [1.165, 1.54) is 11.3 Å². The second-order valence-electron chi connectivity index (χ2n) is 7.52. The predicted octanol–water partition coefficient (Wildman–Crippen LogP) is 2.50. The molecule has 1 aromatic heterocycles. The molecule has 1 aliphatic carbocycles. The SMILES string of the molecule is C[N+]1(C)CCN(C(=O)c2csc(C(=O)C3=CCc4ccccc43)n2)CC1. The fourth-order valence-corrected chi connectivity index (χ4v) is 4.21. The molecule has 6 heteroatoms. The number of nitrogens with zero attached hydrogens (tertiary/aromatic N) is 3. The van der Waals surface area contributed by atoms with E-state index in [0.717, 1.165) is 48.2 Å². The zero-order valence-corrected chi connectivity index (χ0v) is 15.9. The maximum Gasteiger partial charge on any atom is 0.273 e. The van der Waals surface area contributed by atoms with Crippen LogP contribution in [0.4, 0.5) is 0 Å². The Hall–Kier alpha value is -2.31. The number of quaternary nitrogens is 1. The van der Waals surface area contributed by atoms with Crippen LogP contribution in [0.3, 0.4) is 0 Å². The number of aromatic nitrogens is 1. The van der Waals surface area contributed by atoms with E-state index in [1.54, 1.807) is 5.38 Å². The average Bonchev–Trinajstić information content (AvgIpc) is 3.28. The average molecular weight is 368 g/mol. The topological polar surface area (TPSA) is 50.3 Å². The molecule has 26 heavy (non-hydrogen) atoms. The highest BCUT2D eigenvalue weighted by molar-refractivity contribution is 7.12. The number of likely N-dealkylation sites (N-methyl/N-ethyl adjacent to an activating group) is 1. The van der Waals surface area contributed by atoms with E-state index in [-0.39, 0.29) is 11.7 Å². The minimum Gasteiger partial charge on any atom is -0.326 e. The number of ketones is 1. The number of piperazine rings is 1. The highest BCUT2D eigenvalue weighted by Gasteiger charge is 2.30. The number of hydrogen-bond donors (Lipinski definition) is 0. The summed E-state index contributed by atoms with van der Waals surface area (Å²) in [5.41, 5.74) is 3.23. The molecule has 1 amide bonds. The van der Waals surface area contributed by atoms with Crippen molar-refractivity contribution in [3.8, 4) is 0 Å². The Morgan fingerprint density at radius 3 is 2.65 bits per heavy atom. The van der Waals surface area contributed by atoms with Crippen molar-refractivity contribution in [1.82, 2.24) is 9.88 Å². The lowest BCUT2D eigenvalue weighted by Crippen LogP contribution is -2.56. The van der Waals surface area contributed by atoms with Gasteiger partial charge in [0.1, 0.15) is 5.69 Å². The molecule has 4 rings (SSSR count). The van der Waals surface area contributed by atoms with Crippen LogP contribution in [0.25, 0.3) is 5.57 Å². The molecule has 0 radical (unpaired) electrons. The Morgan fingerprint density at radius 1 is 1.15 bits per heavy atom. The molecule has 1 aliphatic heterocycles. The quantitative estimate of drug-likeness (QED) is 0.618. The molecular weight excluding hydrogens is 346 g/mol. The Morgan fingerprint density at radius 2 is 1.88 bits per heavy atom. The van der Waals surface area contributed by atoms with E-state index in [9.17, 15) is 9.59 Å². The molecular formula is C20H22N3O2S+. The third-order valence-electron chi connectivity index (χ3n) is 5.23. The van der Waals surface area contributed by atoms with Crippen LogP contribution < -0.4 is 0 Å². The second kappa shape index (κ2) is 6.45. The van der Waals surface area contributed by atoms with E-state index in [1.807, 2.05) is 35.2 Å². The standard InChI is InChI=1S/C20H22N3O2S/c1-23(2)11-9-22(10-12-23)20(25)17-13-26-19(21-17)18(24)16-8-7-14-5-3-4-6-15(14)16/h3-6,8,13H,7,9-12H2,1-2H3/q+1. The molecule has 0 saturated carbocycles. The Labute approximate surface area is 157 Å². The van der Waals surface area contributed by atoms with Crippen molar-refractivity contribution in [2.24, 2.45) is 0 Å². The molecule has 2 aliphatic rings. The van der Waals surface area contributed by atoms with Crippen molar-refractivity contribution in [3.05, 3.63) is 57.6 Å².